The maximum Gasteiger partial charge on any atom is 0.410 e. The first-order chi connectivity index (χ1) is 7.87. The highest BCUT2D eigenvalue weighted by molar-refractivity contribution is 5.84. The van der Waals surface area contributed by atoms with Crippen molar-refractivity contribution in [2.45, 2.75) is 45.3 Å². The van der Waals surface area contributed by atoms with E-state index in [0.29, 0.717) is 6.54 Å². The van der Waals surface area contributed by atoms with E-state index in [2.05, 4.69) is 0 Å². The van der Waals surface area contributed by atoms with Crippen molar-refractivity contribution >= 4 is 12.0 Å². The Bertz CT molecular complexity index is 335. The molecule has 0 aromatic carbocycles. The van der Waals surface area contributed by atoms with Crippen LogP contribution in [0.25, 0.3) is 0 Å². The normalized spacial score (nSPS) is 24.9. The molecular formula is C12H20N2O3. The fraction of sp³-hybridized carbons (Fsp3) is 0.833. The molecule has 96 valence electrons. The van der Waals surface area contributed by atoms with Gasteiger partial charge in [-0.2, -0.15) is 0 Å². The number of carbonyl (C=O) groups excluding carboxylic acids is 2. The van der Waals surface area contributed by atoms with E-state index in [-0.39, 0.29) is 24.6 Å². The summed E-state index contributed by atoms with van der Waals surface area (Å²) in [5.41, 5.74) is -0.507. The van der Waals surface area contributed by atoms with Gasteiger partial charge in [0.15, 0.2) is 0 Å². The molecule has 0 radical (unpaired) electrons. The maximum atomic E-state index is 11.9. The predicted octanol–water partition coefficient (Wildman–Crippen LogP) is 1.23. The Labute approximate surface area is 102 Å². The van der Waals surface area contributed by atoms with Crippen molar-refractivity contribution in [3.8, 4) is 0 Å². The summed E-state index contributed by atoms with van der Waals surface area (Å²) in [6.07, 6.45) is 1.65. The fourth-order valence-electron chi connectivity index (χ4n) is 2.39. The summed E-state index contributed by atoms with van der Waals surface area (Å²) in [7, 11) is 0. The monoisotopic (exact) mass is 240 g/mol. The van der Waals surface area contributed by atoms with E-state index in [9.17, 15) is 9.59 Å². The lowest BCUT2D eigenvalue weighted by atomic mass is 10.1. The molecule has 0 spiro atoms. The highest BCUT2D eigenvalue weighted by Crippen LogP contribution is 2.23. The van der Waals surface area contributed by atoms with Crippen LogP contribution >= 0.6 is 0 Å². The van der Waals surface area contributed by atoms with Gasteiger partial charge in [0.05, 0.1) is 0 Å². The van der Waals surface area contributed by atoms with Crippen LogP contribution in [0, 0.1) is 0 Å². The van der Waals surface area contributed by atoms with Gasteiger partial charge in [-0.1, -0.05) is 0 Å². The summed E-state index contributed by atoms with van der Waals surface area (Å²) >= 11 is 0. The van der Waals surface area contributed by atoms with Crippen LogP contribution < -0.4 is 0 Å². The van der Waals surface area contributed by atoms with Crippen molar-refractivity contribution in [3.05, 3.63) is 0 Å². The van der Waals surface area contributed by atoms with E-state index in [0.717, 1.165) is 19.4 Å². The zero-order valence-electron chi connectivity index (χ0n) is 10.7. The van der Waals surface area contributed by atoms with E-state index in [1.54, 1.807) is 0 Å². The molecule has 5 nitrogen and oxygen atoms in total. The highest BCUT2D eigenvalue weighted by atomic mass is 16.6. The summed E-state index contributed by atoms with van der Waals surface area (Å²) in [5.74, 6) is 0.0459. The maximum absolute atomic E-state index is 11.9. The van der Waals surface area contributed by atoms with E-state index < -0.39 is 5.60 Å². The molecule has 0 aromatic heterocycles. The van der Waals surface area contributed by atoms with Crippen LogP contribution in [0.3, 0.4) is 0 Å². The standard InChI is InChI=1S/C12H20N2O3/c1-12(2,3)17-11(16)13-7-9-5-4-6-14(9)10(15)8-13/h9H,4-8H2,1-3H3/t9-/m0/s1. The predicted molar refractivity (Wildman–Crippen MR) is 62.5 cm³/mol. The molecule has 2 heterocycles. The van der Waals surface area contributed by atoms with Crippen LogP contribution in [0.15, 0.2) is 0 Å². The van der Waals surface area contributed by atoms with Crippen molar-refractivity contribution in [1.29, 1.82) is 0 Å². The molecule has 0 aromatic rings. The highest BCUT2D eigenvalue weighted by Gasteiger charge is 2.38. The van der Waals surface area contributed by atoms with Gasteiger partial charge in [0, 0.05) is 19.1 Å². The van der Waals surface area contributed by atoms with Crippen molar-refractivity contribution in [2.24, 2.45) is 0 Å². The second-order valence-electron chi connectivity index (χ2n) is 5.74. The summed E-state index contributed by atoms with van der Waals surface area (Å²) < 4.78 is 5.29. The van der Waals surface area contributed by atoms with Crippen molar-refractivity contribution in [3.63, 3.8) is 0 Å². The number of amides is 2. The van der Waals surface area contributed by atoms with E-state index in [1.165, 1.54) is 4.90 Å². The first-order valence-corrected chi connectivity index (χ1v) is 6.14. The average molecular weight is 240 g/mol. The number of fused-ring (bicyclic) bond motifs is 1. The second-order valence-corrected chi connectivity index (χ2v) is 5.74. The molecule has 0 unspecified atom stereocenters. The molecule has 2 aliphatic heterocycles. The number of nitrogens with zero attached hydrogens (tertiary/aromatic N) is 2. The van der Waals surface area contributed by atoms with E-state index in [1.807, 2.05) is 25.7 Å². The number of ether oxygens (including phenoxy) is 1. The smallest absolute Gasteiger partial charge is 0.410 e. The molecule has 2 saturated heterocycles. The summed E-state index contributed by atoms with van der Waals surface area (Å²) in [4.78, 5) is 27.1. The van der Waals surface area contributed by atoms with Crippen LogP contribution in [-0.2, 0) is 9.53 Å². The Balaban J connectivity index is 1.99. The van der Waals surface area contributed by atoms with Crippen LogP contribution in [0.2, 0.25) is 0 Å². The number of carbonyl (C=O) groups is 2. The molecular weight excluding hydrogens is 220 g/mol. The largest absolute Gasteiger partial charge is 0.444 e. The summed E-state index contributed by atoms with van der Waals surface area (Å²) in [5, 5.41) is 0. The van der Waals surface area contributed by atoms with Gasteiger partial charge < -0.3 is 9.64 Å². The molecule has 0 N–H and O–H groups in total. The zero-order valence-corrected chi connectivity index (χ0v) is 10.7. The number of rotatable bonds is 0. The van der Waals surface area contributed by atoms with Gasteiger partial charge >= 0.3 is 6.09 Å². The van der Waals surface area contributed by atoms with E-state index >= 15 is 0 Å². The number of hydrogen-bond acceptors (Lipinski definition) is 3. The molecule has 1 atom stereocenters. The van der Waals surface area contributed by atoms with Gasteiger partial charge in [-0.15, -0.1) is 0 Å². The van der Waals surface area contributed by atoms with Gasteiger partial charge in [0.1, 0.15) is 12.1 Å². The Morgan fingerprint density at radius 3 is 2.76 bits per heavy atom. The molecule has 5 heteroatoms. The fourth-order valence-corrected chi connectivity index (χ4v) is 2.39. The van der Waals surface area contributed by atoms with E-state index in [4.69, 9.17) is 4.74 Å². The van der Waals surface area contributed by atoms with Crippen LogP contribution in [0.5, 0.6) is 0 Å². The zero-order chi connectivity index (χ0) is 12.6. The molecule has 2 aliphatic rings. The average Bonchev–Trinajstić information content (AvgIpc) is 2.63. The molecule has 2 fully saturated rings. The summed E-state index contributed by atoms with van der Waals surface area (Å²) in [6.45, 7) is 7.10. The summed E-state index contributed by atoms with van der Waals surface area (Å²) in [6, 6.07) is 0.198. The third-order valence-corrected chi connectivity index (χ3v) is 3.11. The first kappa shape index (κ1) is 12.2. The lowest BCUT2D eigenvalue weighted by Gasteiger charge is -2.37. The van der Waals surface area contributed by atoms with Crippen molar-refractivity contribution < 1.29 is 14.3 Å². The first-order valence-electron chi connectivity index (χ1n) is 6.14. The van der Waals surface area contributed by atoms with Crippen molar-refractivity contribution in [2.75, 3.05) is 19.6 Å². The minimum Gasteiger partial charge on any atom is -0.444 e. The quantitative estimate of drug-likeness (QED) is 0.640. The Morgan fingerprint density at radius 1 is 1.41 bits per heavy atom. The number of piperazine rings is 1. The molecule has 17 heavy (non-hydrogen) atoms. The third kappa shape index (κ3) is 2.70. The molecule has 0 saturated carbocycles. The minimum atomic E-state index is -0.507. The molecule has 2 amide bonds. The van der Waals surface area contributed by atoms with Gasteiger partial charge in [0.25, 0.3) is 0 Å². The second kappa shape index (κ2) is 4.20. The van der Waals surface area contributed by atoms with Crippen molar-refractivity contribution in [1.82, 2.24) is 9.80 Å². The lowest BCUT2D eigenvalue weighted by molar-refractivity contribution is -0.137. The Hall–Kier alpha value is -1.26. The Kier molecular flexibility index (Phi) is 3.02. The van der Waals surface area contributed by atoms with Gasteiger partial charge in [-0.05, 0) is 33.6 Å². The van der Waals surface area contributed by atoms with Gasteiger partial charge in [-0.25, -0.2) is 4.79 Å². The minimum absolute atomic E-state index is 0.0459. The van der Waals surface area contributed by atoms with Crippen LogP contribution in [0.4, 0.5) is 4.79 Å². The van der Waals surface area contributed by atoms with Crippen LogP contribution in [-0.4, -0.2) is 53.1 Å². The van der Waals surface area contributed by atoms with Gasteiger partial charge in [-0.3, -0.25) is 9.69 Å². The molecule has 0 aliphatic carbocycles. The number of hydrogen-bond donors (Lipinski definition) is 0. The third-order valence-electron chi connectivity index (χ3n) is 3.11. The van der Waals surface area contributed by atoms with Gasteiger partial charge in [0.2, 0.25) is 5.91 Å². The molecule has 0 bridgehead atoms. The SMILES string of the molecule is CC(C)(C)OC(=O)N1CC(=O)N2CCC[C@H]2C1. The topological polar surface area (TPSA) is 49.9 Å². The Morgan fingerprint density at radius 2 is 2.12 bits per heavy atom. The molecule has 2 rings (SSSR count). The van der Waals surface area contributed by atoms with Crippen LogP contribution in [0.1, 0.15) is 33.6 Å². The lowest BCUT2D eigenvalue weighted by Crippen LogP contribution is -2.56.